The minimum atomic E-state index is -0.378. The van der Waals surface area contributed by atoms with Crippen molar-refractivity contribution in [1.29, 1.82) is 0 Å². The van der Waals surface area contributed by atoms with E-state index in [1.807, 2.05) is 31.2 Å². The van der Waals surface area contributed by atoms with Crippen LogP contribution in [0.3, 0.4) is 0 Å². The predicted molar refractivity (Wildman–Crippen MR) is 64.2 cm³/mol. The van der Waals surface area contributed by atoms with Crippen molar-refractivity contribution >= 4 is 6.09 Å². The topological polar surface area (TPSA) is 47.6 Å². The van der Waals surface area contributed by atoms with Crippen molar-refractivity contribution in [3.63, 3.8) is 0 Å². The van der Waals surface area contributed by atoms with E-state index in [0.29, 0.717) is 6.54 Å². The molecule has 1 amide bonds. The average molecular weight is 235 g/mol. The maximum absolute atomic E-state index is 11.0. The molecular weight excluding hydrogens is 218 g/mol. The lowest BCUT2D eigenvalue weighted by Gasteiger charge is -2.20. The van der Waals surface area contributed by atoms with Crippen LogP contribution in [0.4, 0.5) is 4.79 Å². The van der Waals surface area contributed by atoms with Gasteiger partial charge in [-0.05, 0) is 37.5 Å². The summed E-state index contributed by atoms with van der Waals surface area (Å²) in [4.78, 5) is 11.0. The highest BCUT2D eigenvalue weighted by molar-refractivity contribution is 5.70. The zero-order valence-corrected chi connectivity index (χ0v) is 10.2. The SMILES string of the molecule is COc1ccc(CCC2(C)CNC(=O)O2)cc1. The van der Waals surface area contributed by atoms with Gasteiger partial charge in [0.15, 0.2) is 0 Å². The number of hydrogen-bond donors (Lipinski definition) is 1. The molecule has 1 aliphatic rings. The van der Waals surface area contributed by atoms with E-state index >= 15 is 0 Å². The summed E-state index contributed by atoms with van der Waals surface area (Å²) < 4.78 is 10.3. The second kappa shape index (κ2) is 4.65. The number of benzene rings is 1. The molecule has 1 fully saturated rings. The van der Waals surface area contributed by atoms with Gasteiger partial charge in [0.1, 0.15) is 11.4 Å². The summed E-state index contributed by atoms with van der Waals surface area (Å²) in [5.74, 6) is 0.855. The van der Waals surface area contributed by atoms with Crippen molar-refractivity contribution in [2.24, 2.45) is 0 Å². The molecule has 92 valence electrons. The van der Waals surface area contributed by atoms with Gasteiger partial charge in [-0.1, -0.05) is 12.1 Å². The fourth-order valence-corrected chi connectivity index (χ4v) is 1.90. The fourth-order valence-electron chi connectivity index (χ4n) is 1.90. The molecule has 1 aromatic carbocycles. The number of ether oxygens (including phenoxy) is 2. The molecule has 0 saturated carbocycles. The number of cyclic esters (lactones) is 1. The first kappa shape index (κ1) is 11.8. The van der Waals surface area contributed by atoms with Crippen LogP contribution in [-0.4, -0.2) is 25.3 Å². The van der Waals surface area contributed by atoms with Gasteiger partial charge in [0.2, 0.25) is 0 Å². The first-order chi connectivity index (χ1) is 8.11. The quantitative estimate of drug-likeness (QED) is 0.869. The predicted octanol–water partition coefficient (Wildman–Crippen LogP) is 2.13. The van der Waals surface area contributed by atoms with E-state index in [1.54, 1.807) is 7.11 Å². The molecule has 1 atom stereocenters. The van der Waals surface area contributed by atoms with E-state index in [-0.39, 0.29) is 11.7 Å². The summed E-state index contributed by atoms with van der Waals surface area (Å²) in [6, 6.07) is 7.95. The third kappa shape index (κ3) is 2.90. The Kier molecular flexibility index (Phi) is 3.22. The molecule has 1 heterocycles. The van der Waals surface area contributed by atoms with E-state index in [9.17, 15) is 4.79 Å². The van der Waals surface area contributed by atoms with Crippen molar-refractivity contribution < 1.29 is 14.3 Å². The summed E-state index contributed by atoms with van der Waals surface area (Å²) in [6.45, 7) is 2.54. The van der Waals surface area contributed by atoms with Gasteiger partial charge < -0.3 is 14.8 Å². The number of alkyl carbamates (subject to hydrolysis) is 1. The van der Waals surface area contributed by atoms with Gasteiger partial charge in [0, 0.05) is 0 Å². The molecular formula is C13H17NO3. The molecule has 17 heavy (non-hydrogen) atoms. The summed E-state index contributed by atoms with van der Waals surface area (Å²) in [6.07, 6.45) is 1.38. The largest absolute Gasteiger partial charge is 0.497 e. The van der Waals surface area contributed by atoms with Gasteiger partial charge in [0.05, 0.1) is 13.7 Å². The molecule has 4 heteroatoms. The standard InChI is InChI=1S/C13H17NO3/c1-13(9-14-12(15)17-13)8-7-10-3-5-11(16-2)6-4-10/h3-6H,7-9H2,1-2H3,(H,14,15). The van der Waals surface area contributed by atoms with Crippen molar-refractivity contribution in [2.75, 3.05) is 13.7 Å². The molecule has 1 aromatic rings. The Hall–Kier alpha value is -1.71. The van der Waals surface area contributed by atoms with Crippen LogP contribution >= 0.6 is 0 Å². The number of hydrogen-bond acceptors (Lipinski definition) is 3. The van der Waals surface area contributed by atoms with E-state index < -0.39 is 0 Å². The van der Waals surface area contributed by atoms with E-state index in [1.165, 1.54) is 5.56 Å². The summed E-state index contributed by atoms with van der Waals surface area (Å²) in [5, 5.41) is 2.68. The highest BCUT2D eigenvalue weighted by atomic mass is 16.6. The number of carbonyl (C=O) groups is 1. The Morgan fingerprint density at radius 3 is 2.65 bits per heavy atom. The van der Waals surface area contributed by atoms with Crippen LogP contribution in [0.5, 0.6) is 5.75 Å². The lowest BCUT2D eigenvalue weighted by Crippen LogP contribution is -2.29. The molecule has 0 aliphatic carbocycles. The number of aryl methyl sites for hydroxylation is 1. The Morgan fingerprint density at radius 1 is 1.41 bits per heavy atom. The van der Waals surface area contributed by atoms with E-state index in [2.05, 4.69) is 5.32 Å². The van der Waals surface area contributed by atoms with E-state index in [0.717, 1.165) is 18.6 Å². The van der Waals surface area contributed by atoms with Crippen LogP contribution in [0, 0.1) is 0 Å². The van der Waals surface area contributed by atoms with Gasteiger partial charge in [-0.3, -0.25) is 0 Å². The zero-order chi connectivity index (χ0) is 12.3. The minimum absolute atomic E-state index is 0.317. The zero-order valence-electron chi connectivity index (χ0n) is 10.2. The lowest BCUT2D eigenvalue weighted by atomic mass is 9.97. The van der Waals surface area contributed by atoms with Crippen LogP contribution in [0.25, 0.3) is 0 Å². The van der Waals surface area contributed by atoms with Crippen LogP contribution in [0.2, 0.25) is 0 Å². The van der Waals surface area contributed by atoms with Crippen molar-refractivity contribution in [3.05, 3.63) is 29.8 Å². The minimum Gasteiger partial charge on any atom is -0.497 e. The Balaban J connectivity index is 1.91. The number of amides is 1. The van der Waals surface area contributed by atoms with Crippen LogP contribution in [0.15, 0.2) is 24.3 Å². The van der Waals surface area contributed by atoms with Crippen LogP contribution < -0.4 is 10.1 Å². The van der Waals surface area contributed by atoms with E-state index in [4.69, 9.17) is 9.47 Å². The Morgan fingerprint density at radius 2 is 2.12 bits per heavy atom. The second-order valence-corrected chi connectivity index (χ2v) is 4.54. The number of carbonyl (C=O) groups excluding carboxylic acids is 1. The van der Waals surface area contributed by atoms with Gasteiger partial charge in [-0.2, -0.15) is 0 Å². The number of rotatable bonds is 4. The monoisotopic (exact) mass is 235 g/mol. The normalized spacial score (nSPS) is 23.1. The summed E-state index contributed by atoms with van der Waals surface area (Å²) in [7, 11) is 1.65. The Labute approximate surface area is 101 Å². The third-order valence-corrected chi connectivity index (χ3v) is 3.05. The van der Waals surface area contributed by atoms with Gasteiger partial charge in [0.25, 0.3) is 0 Å². The number of nitrogens with one attached hydrogen (secondary N) is 1. The molecule has 4 nitrogen and oxygen atoms in total. The second-order valence-electron chi connectivity index (χ2n) is 4.54. The fraction of sp³-hybridized carbons (Fsp3) is 0.462. The lowest BCUT2D eigenvalue weighted by molar-refractivity contribution is 0.0654. The maximum atomic E-state index is 11.0. The maximum Gasteiger partial charge on any atom is 0.407 e. The highest BCUT2D eigenvalue weighted by Crippen LogP contribution is 2.22. The molecule has 2 rings (SSSR count). The number of methoxy groups -OCH3 is 1. The molecule has 0 radical (unpaired) electrons. The summed E-state index contributed by atoms with van der Waals surface area (Å²) in [5.41, 5.74) is 0.840. The smallest absolute Gasteiger partial charge is 0.407 e. The van der Waals surface area contributed by atoms with Crippen LogP contribution in [0.1, 0.15) is 18.9 Å². The molecule has 1 aliphatic heterocycles. The van der Waals surface area contributed by atoms with Crippen molar-refractivity contribution in [2.45, 2.75) is 25.4 Å². The summed E-state index contributed by atoms with van der Waals surface area (Å²) >= 11 is 0. The van der Waals surface area contributed by atoms with Gasteiger partial charge in [-0.25, -0.2) is 4.79 Å². The van der Waals surface area contributed by atoms with Gasteiger partial charge >= 0.3 is 6.09 Å². The molecule has 1 saturated heterocycles. The molecule has 0 spiro atoms. The highest BCUT2D eigenvalue weighted by Gasteiger charge is 2.34. The molecule has 0 aromatic heterocycles. The van der Waals surface area contributed by atoms with Crippen molar-refractivity contribution in [1.82, 2.24) is 5.32 Å². The molecule has 1 unspecified atom stereocenters. The Bertz CT molecular complexity index is 402. The van der Waals surface area contributed by atoms with Crippen LogP contribution in [-0.2, 0) is 11.2 Å². The average Bonchev–Trinajstić information content (AvgIpc) is 2.68. The molecule has 0 bridgehead atoms. The third-order valence-electron chi connectivity index (χ3n) is 3.05. The first-order valence-electron chi connectivity index (χ1n) is 5.71. The molecule has 1 N–H and O–H groups in total. The van der Waals surface area contributed by atoms with Crippen molar-refractivity contribution in [3.8, 4) is 5.75 Å². The van der Waals surface area contributed by atoms with Gasteiger partial charge in [-0.15, -0.1) is 0 Å². The first-order valence-corrected chi connectivity index (χ1v) is 5.71.